The van der Waals surface area contributed by atoms with Crippen molar-refractivity contribution in [3.8, 4) is 16.6 Å². The second-order valence-corrected chi connectivity index (χ2v) is 6.98. The lowest BCUT2D eigenvalue weighted by atomic mass is 9.87. The van der Waals surface area contributed by atoms with Gasteiger partial charge in [-0.05, 0) is 41.3 Å². The molecule has 0 saturated carbocycles. The zero-order valence-electron chi connectivity index (χ0n) is 12.8. The molecule has 0 bridgehead atoms. The fraction of sp³-hybridized carbons (Fsp3) is 0.412. The molecule has 3 heterocycles. The third-order valence-corrected chi connectivity index (χ3v) is 5.90. The molecule has 5 heteroatoms. The molecule has 4 rings (SSSR count). The van der Waals surface area contributed by atoms with Crippen molar-refractivity contribution < 1.29 is 14.6 Å². The van der Waals surface area contributed by atoms with E-state index in [1.807, 2.05) is 12.1 Å². The lowest BCUT2D eigenvalue weighted by Gasteiger charge is -2.40. The number of nitrogens with zero attached hydrogens (tertiary/aromatic N) is 1. The van der Waals surface area contributed by atoms with Gasteiger partial charge in [0.05, 0.1) is 14.2 Å². The van der Waals surface area contributed by atoms with Gasteiger partial charge in [0, 0.05) is 30.4 Å². The standard InChI is InChI=1S/C17H19NO3S/c1-20-15-5-10-3-4-18-9-11-6-17(21-2)22-16(11)8-13(18)12(10)7-14(15)19/h5-7,13,19H,3-4,8-9H2,1-2H3/t13-/m0/s1. The van der Waals surface area contributed by atoms with E-state index in [0.29, 0.717) is 11.8 Å². The van der Waals surface area contributed by atoms with Gasteiger partial charge in [-0.2, -0.15) is 0 Å². The quantitative estimate of drug-likeness (QED) is 0.924. The molecule has 0 amide bonds. The molecule has 22 heavy (non-hydrogen) atoms. The number of hydrogen-bond donors (Lipinski definition) is 1. The lowest BCUT2D eigenvalue weighted by molar-refractivity contribution is 0.162. The average molecular weight is 317 g/mol. The number of benzene rings is 1. The monoisotopic (exact) mass is 317 g/mol. The highest BCUT2D eigenvalue weighted by molar-refractivity contribution is 7.14. The first-order valence-corrected chi connectivity index (χ1v) is 8.30. The highest BCUT2D eigenvalue weighted by atomic mass is 32.1. The first-order valence-electron chi connectivity index (χ1n) is 7.49. The Kier molecular flexibility index (Phi) is 3.27. The molecule has 1 aromatic carbocycles. The van der Waals surface area contributed by atoms with Crippen LogP contribution in [0.3, 0.4) is 0 Å². The molecule has 0 unspecified atom stereocenters. The van der Waals surface area contributed by atoms with Gasteiger partial charge in [-0.25, -0.2) is 0 Å². The zero-order chi connectivity index (χ0) is 15.3. The molecular formula is C17H19NO3S. The Morgan fingerprint density at radius 1 is 1.18 bits per heavy atom. The second-order valence-electron chi connectivity index (χ2n) is 5.88. The topological polar surface area (TPSA) is 41.9 Å². The maximum Gasteiger partial charge on any atom is 0.173 e. The Morgan fingerprint density at radius 3 is 2.82 bits per heavy atom. The highest BCUT2D eigenvalue weighted by Gasteiger charge is 2.34. The summed E-state index contributed by atoms with van der Waals surface area (Å²) in [5.74, 6) is 0.805. The molecule has 1 aromatic heterocycles. The van der Waals surface area contributed by atoms with Gasteiger partial charge >= 0.3 is 0 Å². The van der Waals surface area contributed by atoms with Crippen molar-refractivity contribution >= 4 is 11.3 Å². The van der Waals surface area contributed by atoms with Gasteiger partial charge in [0.15, 0.2) is 16.6 Å². The summed E-state index contributed by atoms with van der Waals surface area (Å²) in [5, 5.41) is 11.1. The maximum atomic E-state index is 10.1. The van der Waals surface area contributed by atoms with Crippen LogP contribution in [0.1, 0.15) is 27.6 Å². The van der Waals surface area contributed by atoms with Crippen molar-refractivity contribution in [3.63, 3.8) is 0 Å². The van der Waals surface area contributed by atoms with Crippen LogP contribution in [0, 0.1) is 0 Å². The summed E-state index contributed by atoms with van der Waals surface area (Å²) in [6, 6.07) is 6.39. The lowest BCUT2D eigenvalue weighted by Crippen LogP contribution is -2.38. The van der Waals surface area contributed by atoms with E-state index in [2.05, 4.69) is 11.0 Å². The van der Waals surface area contributed by atoms with Gasteiger partial charge in [-0.3, -0.25) is 4.90 Å². The van der Waals surface area contributed by atoms with Crippen LogP contribution < -0.4 is 9.47 Å². The van der Waals surface area contributed by atoms with Gasteiger partial charge < -0.3 is 14.6 Å². The fourth-order valence-electron chi connectivity index (χ4n) is 3.60. The van der Waals surface area contributed by atoms with Crippen LogP contribution in [-0.4, -0.2) is 30.8 Å². The number of thiophene rings is 1. The van der Waals surface area contributed by atoms with Crippen molar-refractivity contribution in [2.75, 3.05) is 20.8 Å². The van der Waals surface area contributed by atoms with E-state index in [1.54, 1.807) is 25.6 Å². The molecular weight excluding hydrogens is 298 g/mol. The predicted molar refractivity (Wildman–Crippen MR) is 86.1 cm³/mol. The van der Waals surface area contributed by atoms with Crippen LogP contribution in [0.5, 0.6) is 16.6 Å². The first-order chi connectivity index (χ1) is 10.7. The number of fused-ring (bicyclic) bond motifs is 4. The van der Waals surface area contributed by atoms with Crippen LogP contribution in [0.15, 0.2) is 18.2 Å². The Labute approximate surface area is 133 Å². The van der Waals surface area contributed by atoms with E-state index in [1.165, 1.54) is 21.6 Å². The number of ether oxygens (including phenoxy) is 2. The van der Waals surface area contributed by atoms with Crippen LogP contribution in [0.25, 0.3) is 0 Å². The number of hydrogen-bond acceptors (Lipinski definition) is 5. The molecule has 0 radical (unpaired) electrons. The molecule has 1 N–H and O–H groups in total. The molecule has 2 aliphatic heterocycles. The average Bonchev–Trinajstić information content (AvgIpc) is 2.94. The SMILES string of the molecule is COc1cc2c(s1)C[C@H]1c3cc(O)c(OC)cc3CCN1C2. The van der Waals surface area contributed by atoms with Crippen molar-refractivity contribution in [1.29, 1.82) is 0 Å². The summed E-state index contributed by atoms with van der Waals surface area (Å²) in [6.07, 6.45) is 1.99. The Hall–Kier alpha value is -1.72. The summed E-state index contributed by atoms with van der Waals surface area (Å²) in [6.45, 7) is 2.01. The Balaban J connectivity index is 1.74. The van der Waals surface area contributed by atoms with Crippen molar-refractivity contribution in [3.05, 3.63) is 39.8 Å². The van der Waals surface area contributed by atoms with E-state index in [9.17, 15) is 5.11 Å². The minimum Gasteiger partial charge on any atom is -0.504 e. The van der Waals surface area contributed by atoms with E-state index in [-0.39, 0.29) is 5.75 Å². The molecule has 116 valence electrons. The molecule has 0 fully saturated rings. The van der Waals surface area contributed by atoms with E-state index in [4.69, 9.17) is 9.47 Å². The van der Waals surface area contributed by atoms with Gasteiger partial charge in [0.25, 0.3) is 0 Å². The summed E-state index contributed by atoms with van der Waals surface area (Å²) < 4.78 is 10.6. The summed E-state index contributed by atoms with van der Waals surface area (Å²) >= 11 is 1.74. The van der Waals surface area contributed by atoms with Gasteiger partial charge in [0.1, 0.15) is 0 Å². The number of aromatic hydroxyl groups is 1. The minimum absolute atomic E-state index is 0.234. The summed E-state index contributed by atoms with van der Waals surface area (Å²) in [5.41, 5.74) is 3.92. The molecule has 4 nitrogen and oxygen atoms in total. The molecule has 2 aromatic rings. The molecule has 1 atom stereocenters. The largest absolute Gasteiger partial charge is 0.504 e. The second kappa shape index (κ2) is 5.18. The van der Waals surface area contributed by atoms with E-state index in [0.717, 1.165) is 31.0 Å². The number of methoxy groups -OCH3 is 2. The van der Waals surface area contributed by atoms with Crippen LogP contribution in [-0.2, 0) is 19.4 Å². The molecule has 0 spiro atoms. The Bertz CT molecular complexity index is 725. The molecule has 0 saturated heterocycles. The fourth-order valence-corrected chi connectivity index (χ4v) is 4.63. The van der Waals surface area contributed by atoms with E-state index >= 15 is 0 Å². The third kappa shape index (κ3) is 2.08. The van der Waals surface area contributed by atoms with Crippen LogP contribution in [0.4, 0.5) is 0 Å². The zero-order valence-corrected chi connectivity index (χ0v) is 13.6. The minimum atomic E-state index is 0.234. The van der Waals surface area contributed by atoms with Crippen LogP contribution >= 0.6 is 11.3 Å². The molecule has 2 aliphatic rings. The highest BCUT2D eigenvalue weighted by Crippen LogP contribution is 2.44. The molecule has 0 aliphatic carbocycles. The summed E-state index contributed by atoms with van der Waals surface area (Å²) in [7, 11) is 3.33. The van der Waals surface area contributed by atoms with Crippen LogP contribution in [0.2, 0.25) is 0 Å². The maximum absolute atomic E-state index is 10.1. The summed E-state index contributed by atoms with van der Waals surface area (Å²) in [4.78, 5) is 3.91. The van der Waals surface area contributed by atoms with Gasteiger partial charge in [0.2, 0.25) is 0 Å². The van der Waals surface area contributed by atoms with Gasteiger partial charge in [-0.15, -0.1) is 11.3 Å². The third-order valence-electron chi connectivity index (χ3n) is 4.74. The van der Waals surface area contributed by atoms with Crippen molar-refractivity contribution in [2.24, 2.45) is 0 Å². The van der Waals surface area contributed by atoms with Gasteiger partial charge in [-0.1, -0.05) is 0 Å². The van der Waals surface area contributed by atoms with E-state index < -0.39 is 0 Å². The number of rotatable bonds is 2. The normalized spacial score (nSPS) is 20.0. The smallest absolute Gasteiger partial charge is 0.173 e. The Morgan fingerprint density at radius 2 is 2.05 bits per heavy atom. The van der Waals surface area contributed by atoms with Crippen molar-refractivity contribution in [1.82, 2.24) is 4.90 Å². The van der Waals surface area contributed by atoms with Crippen molar-refractivity contribution in [2.45, 2.75) is 25.4 Å². The number of phenolic OH excluding ortho intramolecular Hbond substituents is 1. The first kappa shape index (κ1) is 13.9. The predicted octanol–water partition coefficient (Wildman–Crippen LogP) is 3.13. The number of phenols is 1.